The maximum atomic E-state index is 12.3. The minimum absolute atomic E-state index is 0.0565. The molecule has 20 heavy (non-hydrogen) atoms. The van der Waals surface area contributed by atoms with Crippen LogP contribution in [0.5, 0.6) is 5.75 Å². The molecule has 4 nitrogen and oxygen atoms in total. The zero-order chi connectivity index (χ0) is 14.7. The Labute approximate surface area is 128 Å². The normalized spacial score (nSPS) is 17.9. The Bertz CT molecular complexity index is 485. The molecule has 0 aromatic heterocycles. The van der Waals surface area contributed by atoms with Gasteiger partial charge in [0.1, 0.15) is 5.75 Å². The molecule has 1 saturated heterocycles. The van der Waals surface area contributed by atoms with E-state index in [9.17, 15) is 4.79 Å². The SMILES string of the molecule is CC(Oc1ccc(Br)cc1C(C)N)C(=O)N1CCCC1. The van der Waals surface area contributed by atoms with Crippen molar-refractivity contribution in [2.45, 2.75) is 38.8 Å². The lowest BCUT2D eigenvalue weighted by Gasteiger charge is -2.23. The summed E-state index contributed by atoms with van der Waals surface area (Å²) in [5.74, 6) is 0.740. The van der Waals surface area contributed by atoms with Gasteiger partial charge in [0.05, 0.1) is 0 Å². The second kappa shape index (κ2) is 6.59. The number of hydrogen-bond acceptors (Lipinski definition) is 3. The van der Waals surface area contributed by atoms with Crippen LogP contribution in [0.15, 0.2) is 22.7 Å². The van der Waals surface area contributed by atoms with Crippen LogP contribution in [-0.2, 0) is 4.79 Å². The molecule has 1 aliphatic heterocycles. The van der Waals surface area contributed by atoms with Crippen molar-refractivity contribution >= 4 is 21.8 Å². The third kappa shape index (κ3) is 3.52. The molecule has 0 radical (unpaired) electrons. The molecule has 5 heteroatoms. The molecule has 2 rings (SSSR count). The first kappa shape index (κ1) is 15.3. The Morgan fingerprint density at radius 3 is 2.60 bits per heavy atom. The first-order chi connectivity index (χ1) is 9.49. The summed E-state index contributed by atoms with van der Waals surface area (Å²) in [6, 6.07) is 5.55. The van der Waals surface area contributed by atoms with E-state index < -0.39 is 6.10 Å². The molecule has 0 saturated carbocycles. The third-order valence-corrected chi connectivity index (χ3v) is 4.02. The zero-order valence-corrected chi connectivity index (χ0v) is 13.5. The van der Waals surface area contributed by atoms with Gasteiger partial charge in [-0.2, -0.15) is 0 Å². The topological polar surface area (TPSA) is 55.6 Å². The smallest absolute Gasteiger partial charge is 0.263 e. The Morgan fingerprint density at radius 1 is 1.35 bits per heavy atom. The number of likely N-dealkylation sites (tertiary alicyclic amines) is 1. The summed E-state index contributed by atoms with van der Waals surface area (Å²) in [5.41, 5.74) is 6.86. The number of amides is 1. The van der Waals surface area contributed by atoms with Crippen LogP contribution in [0.4, 0.5) is 0 Å². The molecule has 1 aliphatic rings. The monoisotopic (exact) mass is 340 g/mol. The Morgan fingerprint density at radius 2 is 2.00 bits per heavy atom. The molecule has 1 aromatic carbocycles. The van der Waals surface area contributed by atoms with Crippen molar-refractivity contribution in [3.63, 3.8) is 0 Å². The fourth-order valence-corrected chi connectivity index (χ4v) is 2.80. The van der Waals surface area contributed by atoms with Crippen molar-refractivity contribution in [3.8, 4) is 5.75 Å². The van der Waals surface area contributed by atoms with Gasteiger partial charge in [-0.3, -0.25) is 4.79 Å². The summed E-state index contributed by atoms with van der Waals surface area (Å²) in [7, 11) is 0. The number of carbonyl (C=O) groups is 1. The number of rotatable bonds is 4. The first-order valence-electron chi connectivity index (χ1n) is 6.99. The molecule has 1 aromatic rings. The average Bonchev–Trinajstić information content (AvgIpc) is 2.93. The van der Waals surface area contributed by atoms with E-state index in [1.165, 1.54) is 0 Å². The second-order valence-electron chi connectivity index (χ2n) is 5.26. The van der Waals surface area contributed by atoms with Gasteiger partial charge >= 0.3 is 0 Å². The molecular formula is C15H21BrN2O2. The van der Waals surface area contributed by atoms with Crippen LogP contribution < -0.4 is 10.5 Å². The fourth-order valence-electron chi connectivity index (χ4n) is 2.42. The van der Waals surface area contributed by atoms with E-state index in [1.807, 2.05) is 30.0 Å². The van der Waals surface area contributed by atoms with Gasteiger partial charge in [0.15, 0.2) is 6.10 Å². The van der Waals surface area contributed by atoms with Gasteiger partial charge < -0.3 is 15.4 Å². The summed E-state index contributed by atoms with van der Waals surface area (Å²) in [6.45, 7) is 5.38. The van der Waals surface area contributed by atoms with Crippen LogP contribution in [0, 0.1) is 0 Å². The summed E-state index contributed by atoms with van der Waals surface area (Å²) >= 11 is 3.43. The molecule has 2 atom stereocenters. The lowest BCUT2D eigenvalue weighted by atomic mass is 10.1. The van der Waals surface area contributed by atoms with Gasteiger partial charge in [0.2, 0.25) is 0 Å². The second-order valence-corrected chi connectivity index (χ2v) is 6.18. The lowest BCUT2D eigenvalue weighted by Crippen LogP contribution is -2.38. The van der Waals surface area contributed by atoms with Gasteiger partial charge in [-0.1, -0.05) is 15.9 Å². The molecule has 0 spiro atoms. The van der Waals surface area contributed by atoms with E-state index in [0.717, 1.165) is 36.0 Å². The molecule has 1 heterocycles. The molecule has 1 amide bonds. The van der Waals surface area contributed by atoms with Crippen molar-refractivity contribution in [2.24, 2.45) is 5.73 Å². The summed E-state index contributed by atoms with van der Waals surface area (Å²) in [6.07, 6.45) is 1.69. The lowest BCUT2D eigenvalue weighted by molar-refractivity contribution is -0.136. The molecule has 0 aliphatic carbocycles. The highest BCUT2D eigenvalue weighted by molar-refractivity contribution is 9.10. The van der Waals surface area contributed by atoms with E-state index >= 15 is 0 Å². The minimum Gasteiger partial charge on any atom is -0.481 e. The maximum Gasteiger partial charge on any atom is 0.263 e. The van der Waals surface area contributed by atoms with Crippen molar-refractivity contribution < 1.29 is 9.53 Å². The van der Waals surface area contributed by atoms with Crippen LogP contribution >= 0.6 is 15.9 Å². The highest BCUT2D eigenvalue weighted by Crippen LogP contribution is 2.28. The molecule has 1 fully saturated rings. The number of nitrogens with two attached hydrogens (primary N) is 1. The molecule has 2 unspecified atom stereocenters. The van der Waals surface area contributed by atoms with Crippen LogP contribution in [-0.4, -0.2) is 30.0 Å². The minimum atomic E-state index is -0.480. The predicted octanol–water partition coefficient (Wildman–Crippen LogP) is 2.86. The summed E-state index contributed by atoms with van der Waals surface area (Å²) in [4.78, 5) is 14.1. The molecule has 110 valence electrons. The highest BCUT2D eigenvalue weighted by Gasteiger charge is 2.25. The highest BCUT2D eigenvalue weighted by atomic mass is 79.9. The fraction of sp³-hybridized carbons (Fsp3) is 0.533. The number of halogens is 1. The zero-order valence-electron chi connectivity index (χ0n) is 11.9. The van der Waals surface area contributed by atoms with Crippen LogP contribution in [0.1, 0.15) is 38.3 Å². The molecule has 2 N–H and O–H groups in total. The Hall–Kier alpha value is -1.07. The Kier molecular flexibility index (Phi) is 5.05. The van der Waals surface area contributed by atoms with Crippen molar-refractivity contribution in [3.05, 3.63) is 28.2 Å². The third-order valence-electron chi connectivity index (χ3n) is 3.53. The number of carbonyl (C=O) groups excluding carboxylic acids is 1. The summed E-state index contributed by atoms with van der Waals surface area (Å²) < 4.78 is 6.80. The quantitative estimate of drug-likeness (QED) is 0.916. The van der Waals surface area contributed by atoms with Crippen molar-refractivity contribution in [2.75, 3.05) is 13.1 Å². The maximum absolute atomic E-state index is 12.3. The van der Waals surface area contributed by atoms with Gasteiger partial charge in [-0.05, 0) is 44.9 Å². The van der Waals surface area contributed by atoms with Crippen molar-refractivity contribution in [1.29, 1.82) is 0 Å². The van der Waals surface area contributed by atoms with E-state index in [2.05, 4.69) is 15.9 Å². The first-order valence-corrected chi connectivity index (χ1v) is 7.79. The van der Waals surface area contributed by atoms with Crippen LogP contribution in [0.2, 0.25) is 0 Å². The van der Waals surface area contributed by atoms with Gasteiger partial charge in [0.25, 0.3) is 5.91 Å². The van der Waals surface area contributed by atoms with Crippen LogP contribution in [0.25, 0.3) is 0 Å². The standard InChI is InChI=1S/C15H21BrN2O2/c1-10(17)13-9-12(16)5-6-14(13)20-11(2)15(19)18-7-3-4-8-18/h5-6,9-11H,3-4,7-8,17H2,1-2H3. The van der Waals surface area contributed by atoms with E-state index in [-0.39, 0.29) is 11.9 Å². The molecular weight excluding hydrogens is 320 g/mol. The van der Waals surface area contributed by atoms with E-state index in [1.54, 1.807) is 6.92 Å². The predicted molar refractivity (Wildman–Crippen MR) is 82.6 cm³/mol. The Balaban J connectivity index is 2.10. The van der Waals surface area contributed by atoms with E-state index in [0.29, 0.717) is 5.75 Å². The van der Waals surface area contributed by atoms with Crippen LogP contribution in [0.3, 0.4) is 0 Å². The average molecular weight is 341 g/mol. The number of benzene rings is 1. The number of hydrogen-bond donors (Lipinski definition) is 1. The number of nitrogens with zero attached hydrogens (tertiary/aromatic N) is 1. The van der Waals surface area contributed by atoms with Gasteiger partial charge in [0, 0.05) is 29.2 Å². The van der Waals surface area contributed by atoms with Crippen molar-refractivity contribution in [1.82, 2.24) is 4.90 Å². The number of ether oxygens (including phenoxy) is 1. The van der Waals surface area contributed by atoms with Gasteiger partial charge in [-0.25, -0.2) is 0 Å². The van der Waals surface area contributed by atoms with Gasteiger partial charge in [-0.15, -0.1) is 0 Å². The largest absolute Gasteiger partial charge is 0.481 e. The molecule has 0 bridgehead atoms. The van der Waals surface area contributed by atoms with E-state index in [4.69, 9.17) is 10.5 Å². The summed E-state index contributed by atoms with van der Waals surface area (Å²) in [5, 5.41) is 0.